The molecule has 1 saturated heterocycles. The van der Waals surface area contributed by atoms with Gasteiger partial charge >= 0.3 is 12.0 Å². The van der Waals surface area contributed by atoms with E-state index in [9.17, 15) is 19.2 Å². The van der Waals surface area contributed by atoms with Crippen LogP contribution in [0.2, 0.25) is 0 Å². The normalized spacial score (nSPS) is 15.7. The maximum Gasteiger partial charge on any atom is 0.325 e. The number of amides is 4. The monoisotopic (exact) mass is 361 g/mol. The number of hydrogen-bond donors (Lipinski definition) is 3. The summed E-state index contributed by atoms with van der Waals surface area (Å²) in [6.45, 7) is 3.26. The Morgan fingerprint density at radius 2 is 1.92 bits per heavy atom. The average Bonchev–Trinajstić information content (AvgIpc) is 2.85. The molecule has 0 atom stereocenters. The second-order valence-corrected chi connectivity index (χ2v) is 6.25. The Morgan fingerprint density at radius 3 is 2.50 bits per heavy atom. The number of hydrogen-bond acceptors (Lipinski definition) is 4. The van der Waals surface area contributed by atoms with E-state index in [0.717, 1.165) is 10.5 Å². The molecule has 4 amide bonds. The van der Waals surface area contributed by atoms with E-state index in [1.54, 1.807) is 24.3 Å². The number of aryl methyl sites for hydroxylation is 1. The van der Waals surface area contributed by atoms with Crippen molar-refractivity contribution in [3.8, 4) is 0 Å². The van der Waals surface area contributed by atoms with Gasteiger partial charge in [0.1, 0.15) is 12.1 Å². The number of nitrogens with one attached hydrogen (secondary N) is 2. The number of carboxylic acid groups (broad SMARTS) is 1. The molecule has 1 aliphatic rings. The van der Waals surface area contributed by atoms with Gasteiger partial charge in [0, 0.05) is 12.1 Å². The van der Waals surface area contributed by atoms with E-state index < -0.39 is 29.4 Å². The fourth-order valence-electron chi connectivity index (χ4n) is 2.95. The molecule has 0 radical (unpaired) electrons. The minimum Gasteiger partial charge on any atom is -0.481 e. The van der Waals surface area contributed by atoms with Crippen molar-refractivity contribution in [3.05, 3.63) is 29.8 Å². The molecule has 0 aliphatic carbocycles. The van der Waals surface area contributed by atoms with Crippen molar-refractivity contribution in [3.63, 3.8) is 0 Å². The maximum atomic E-state index is 12.5. The van der Waals surface area contributed by atoms with Crippen LogP contribution < -0.4 is 10.6 Å². The SMILES string of the molecule is CCC1(CC)NC(=O)N(CC(=O)Nc2cccc(CCC(=O)O)c2)C1=O. The lowest BCUT2D eigenvalue weighted by molar-refractivity contribution is -0.137. The predicted molar refractivity (Wildman–Crippen MR) is 94.6 cm³/mol. The van der Waals surface area contributed by atoms with Crippen LogP contribution in [0.4, 0.5) is 10.5 Å². The van der Waals surface area contributed by atoms with E-state index >= 15 is 0 Å². The van der Waals surface area contributed by atoms with Crippen LogP contribution in [0.1, 0.15) is 38.7 Å². The molecule has 1 fully saturated rings. The lowest BCUT2D eigenvalue weighted by Crippen LogP contribution is -2.46. The zero-order valence-electron chi connectivity index (χ0n) is 14.9. The van der Waals surface area contributed by atoms with Gasteiger partial charge in [0.15, 0.2) is 0 Å². The van der Waals surface area contributed by atoms with Crippen LogP contribution in [-0.2, 0) is 20.8 Å². The predicted octanol–water partition coefficient (Wildman–Crippen LogP) is 1.75. The summed E-state index contributed by atoms with van der Waals surface area (Å²) in [4.78, 5) is 48.4. The maximum absolute atomic E-state index is 12.5. The quantitative estimate of drug-likeness (QED) is 0.610. The van der Waals surface area contributed by atoms with Gasteiger partial charge < -0.3 is 15.7 Å². The Bertz CT molecular complexity index is 727. The molecular formula is C18H23N3O5. The van der Waals surface area contributed by atoms with Gasteiger partial charge in [0.2, 0.25) is 5.91 Å². The number of imide groups is 1. The van der Waals surface area contributed by atoms with Gasteiger partial charge in [-0.1, -0.05) is 26.0 Å². The second kappa shape index (κ2) is 7.99. The highest BCUT2D eigenvalue weighted by atomic mass is 16.4. The number of rotatable bonds is 8. The molecule has 26 heavy (non-hydrogen) atoms. The number of benzene rings is 1. The molecule has 8 heteroatoms. The Morgan fingerprint density at radius 1 is 1.23 bits per heavy atom. The topological polar surface area (TPSA) is 116 Å². The van der Waals surface area contributed by atoms with E-state index in [-0.39, 0.29) is 13.0 Å². The van der Waals surface area contributed by atoms with Crippen molar-refractivity contribution in [1.82, 2.24) is 10.2 Å². The van der Waals surface area contributed by atoms with Crippen LogP contribution in [0.25, 0.3) is 0 Å². The summed E-state index contributed by atoms with van der Waals surface area (Å²) < 4.78 is 0. The van der Waals surface area contributed by atoms with Crippen molar-refractivity contribution in [2.75, 3.05) is 11.9 Å². The molecule has 1 aromatic carbocycles. The molecule has 1 aliphatic heterocycles. The van der Waals surface area contributed by atoms with Crippen molar-refractivity contribution >= 4 is 29.5 Å². The van der Waals surface area contributed by atoms with Gasteiger partial charge in [-0.05, 0) is 37.0 Å². The van der Waals surface area contributed by atoms with Gasteiger partial charge in [-0.25, -0.2) is 4.79 Å². The Hall–Kier alpha value is -2.90. The largest absolute Gasteiger partial charge is 0.481 e. The number of carbonyl (C=O) groups excluding carboxylic acids is 3. The van der Waals surface area contributed by atoms with Crippen molar-refractivity contribution in [2.45, 2.75) is 45.1 Å². The van der Waals surface area contributed by atoms with E-state index in [0.29, 0.717) is 24.9 Å². The summed E-state index contributed by atoms with van der Waals surface area (Å²) in [6.07, 6.45) is 1.26. The number of carbonyl (C=O) groups is 4. The first-order valence-corrected chi connectivity index (χ1v) is 8.56. The Balaban J connectivity index is 2.01. The van der Waals surface area contributed by atoms with Crippen LogP contribution >= 0.6 is 0 Å². The number of nitrogens with zero attached hydrogens (tertiary/aromatic N) is 1. The van der Waals surface area contributed by atoms with Crippen LogP contribution in [0.15, 0.2) is 24.3 Å². The molecule has 0 aromatic heterocycles. The van der Waals surface area contributed by atoms with Crippen LogP contribution in [0.3, 0.4) is 0 Å². The molecule has 0 unspecified atom stereocenters. The standard InChI is InChI=1S/C18H23N3O5/c1-3-18(4-2)16(25)21(17(26)20-18)11-14(22)19-13-7-5-6-12(10-13)8-9-15(23)24/h5-7,10H,3-4,8-9,11H2,1-2H3,(H,19,22)(H,20,26)(H,23,24). The molecule has 0 spiro atoms. The van der Waals surface area contributed by atoms with Crippen LogP contribution in [0.5, 0.6) is 0 Å². The van der Waals surface area contributed by atoms with Gasteiger partial charge in [0.25, 0.3) is 5.91 Å². The van der Waals surface area contributed by atoms with Crippen molar-refractivity contribution in [1.29, 1.82) is 0 Å². The molecule has 140 valence electrons. The van der Waals surface area contributed by atoms with Gasteiger partial charge in [-0.2, -0.15) is 0 Å². The zero-order chi connectivity index (χ0) is 19.3. The minimum atomic E-state index is -0.936. The first-order valence-electron chi connectivity index (χ1n) is 8.56. The van der Waals surface area contributed by atoms with Gasteiger partial charge in [-0.3, -0.25) is 19.3 Å². The lowest BCUT2D eigenvalue weighted by Gasteiger charge is -2.23. The third kappa shape index (κ3) is 4.19. The summed E-state index contributed by atoms with van der Waals surface area (Å²) in [5.41, 5.74) is 0.326. The molecule has 0 saturated carbocycles. The van der Waals surface area contributed by atoms with E-state index in [2.05, 4.69) is 10.6 Å². The highest BCUT2D eigenvalue weighted by Crippen LogP contribution is 2.24. The number of carboxylic acids is 1. The first-order chi connectivity index (χ1) is 12.3. The summed E-state index contributed by atoms with van der Waals surface area (Å²) in [6, 6.07) is 6.25. The van der Waals surface area contributed by atoms with E-state index in [4.69, 9.17) is 5.11 Å². The first kappa shape index (κ1) is 19.4. The molecule has 1 heterocycles. The fraction of sp³-hybridized carbons (Fsp3) is 0.444. The molecule has 0 bridgehead atoms. The highest BCUT2D eigenvalue weighted by Gasteiger charge is 2.49. The summed E-state index contributed by atoms with van der Waals surface area (Å²) >= 11 is 0. The van der Waals surface area contributed by atoms with Gasteiger partial charge in [-0.15, -0.1) is 0 Å². The molecule has 2 rings (SSSR count). The Labute approximate surface area is 151 Å². The second-order valence-electron chi connectivity index (χ2n) is 6.25. The lowest BCUT2D eigenvalue weighted by atomic mass is 9.93. The average molecular weight is 361 g/mol. The fourth-order valence-corrected chi connectivity index (χ4v) is 2.95. The third-order valence-corrected chi connectivity index (χ3v) is 4.59. The molecule has 8 nitrogen and oxygen atoms in total. The third-order valence-electron chi connectivity index (χ3n) is 4.59. The van der Waals surface area contributed by atoms with E-state index in [1.807, 2.05) is 13.8 Å². The zero-order valence-corrected chi connectivity index (χ0v) is 14.9. The molecular weight excluding hydrogens is 338 g/mol. The highest BCUT2D eigenvalue weighted by molar-refractivity contribution is 6.10. The molecule has 3 N–H and O–H groups in total. The van der Waals surface area contributed by atoms with Gasteiger partial charge in [0.05, 0.1) is 0 Å². The minimum absolute atomic E-state index is 0.00400. The van der Waals surface area contributed by atoms with Crippen LogP contribution in [-0.4, -0.2) is 45.9 Å². The van der Waals surface area contributed by atoms with E-state index in [1.165, 1.54) is 0 Å². The Kier molecular flexibility index (Phi) is 5.97. The van der Waals surface area contributed by atoms with Crippen molar-refractivity contribution < 1.29 is 24.3 Å². The summed E-state index contributed by atoms with van der Waals surface area (Å²) in [7, 11) is 0. The summed E-state index contributed by atoms with van der Waals surface area (Å²) in [5, 5.41) is 14.1. The smallest absolute Gasteiger partial charge is 0.325 e. The van der Waals surface area contributed by atoms with Crippen LogP contribution in [0, 0.1) is 0 Å². The number of anilines is 1. The number of aliphatic carboxylic acids is 1. The van der Waals surface area contributed by atoms with Crippen molar-refractivity contribution in [2.24, 2.45) is 0 Å². The summed E-state index contributed by atoms with van der Waals surface area (Å²) in [5.74, 6) is -1.78. The molecule has 1 aromatic rings. The number of urea groups is 1.